The lowest BCUT2D eigenvalue weighted by Gasteiger charge is -2.31. The molecule has 0 saturated carbocycles. The molecule has 0 aromatic carbocycles. The van der Waals surface area contributed by atoms with E-state index in [4.69, 9.17) is 5.73 Å². The van der Waals surface area contributed by atoms with Crippen LogP contribution < -0.4 is 5.73 Å². The van der Waals surface area contributed by atoms with Crippen molar-refractivity contribution in [2.75, 3.05) is 25.4 Å². The second kappa shape index (κ2) is 5.21. The predicted octanol–water partition coefficient (Wildman–Crippen LogP) is 2.19. The molecule has 1 aliphatic rings. The number of rotatable bonds is 3. The molecule has 19 heavy (non-hydrogen) atoms. The Balaban J connectivity index is 1.76. The monoisotopic (exact) mass is 258 g/mol. The maximum absolute atomic E-state index is 5.96. The average molecular weight is 258 g/mol. The lowest BCUT2D eigenvalue weighted by Crippen LogP contribution is -2.35. The molecule has 3 heterocycles. The van der Waals surface area contributed by atoms with E-state index in [0.717, 1.165) is 30.3 Å². The summed E-state index contributed by atoms with van der Waals surface area (Å²) in [4.78, 5) is 7.22. The zero-order valence-electron chi connectivity index (χ0n) is 11.5. The van der Waals surface area contributed by atoms with Gasteiger partial charge >= 0.3 is 0 Å². The first-order valence-electron chi connectivity index (χ1n) is 7.21. The van der Waals surface area contributed by atoms with Gasteiger partial charge < -0.3 is 10.6 Å². The number of nitrogen functional groups attached to an aromatic ring is 1. The Bertz CT molecular complexity index is 560. The standard InChI is InChI=1S/C15H22N4/c1-2-18-8-4-5-12(10-18)9-13-11-19-14(16)6-3-7-15(19)17-13/h3,6-7,11-12H,2,4-5,8-10,16H2,1H3. The van der Waals surface area contributed by atoms with E-state index < -0.39 is 0 Å². The average Bonchev–Trinajstić information content (AvgIpc) is 2.83. The number of piperidine rings is 1. The summed E-state index contributed by atoms with van der Waals surface area (Å²) in [6.45, 7) is 5.87. The van der Waals surface area contributed by atoms with E-state index in [9.17, 15) is 0 Å². The lowest BCUT2D eigenvalue weighted by molar-refractivity contribution is 0.181. The molecule has 0 radical (unpaired) electrons. The quantitative estimate of drug-likeness (QED) is 0.918. The number of pyridine rings is 1. The summed E-state index contributed by atoms with van der Waals surface area (Å²) in [6.07, 6.45) is 5.79. The van der Waals surface area contributed by atoms with E-state index >= 15 is 0 Å². The van der Waals surface area contributed by atoms with Crippen LogP contribution in [0.1, 0.15) is 25.5 Å². The maximum Gasteiger partial charge on any atom is 0.138 e. The summed E-state index contributed by atoms with van der Waals surface area (Å²) in [7, 11) is 0. The molecule has 4 nitrogen and oxygen atoms in total. The third kappa shape index (κ3) is 2.59. The minimum Gasteiger partial charge on any atom is -0.385 e. The Morgan fingerprint density at radius 3 is 3.11 bits per heavy atom. The molecule has 1 aliphatic heterocycles. The molecule has 102 valence electrons. The van der Waals surface area contributed by atoms with Crippen molar-refractivity contribution < 1.29 is 0 Å². The molecule has 0 aliphatic carbocycles. The molecule has 3 rings (SSSR count). The van der Waals surface area contributed by atoms with Crippen LogP contribution in [0.4, 0.5) is 5.82 Å². The predicted molar refractivity (Wildman–Crippen MR) is 78.1 cm³/mol. The second-order valence-corrected chi connectivity index (χ2v) is 5.52. The largest absolute Gasteiger partial charge is 0.385 e. The molecule has 2 N–H and O–H groups in total. The van der Waals surface area contributed by atoms with Gasteiger partial charge in [-0.1, -0.05) is 13.0 Å². The van der Waals surface area contributed by atoms with E-state index in [-0.39, 0.29) is 0 Å². The summed E-state index contributed by atoms with van der Waals surface area (Å²) < 4.78 is 1.98. The minimum absolute atomic E-state index is 0.736. The third-order valence-electron chi connectivity index (χ3n) is 4.12. The van der Waals surface area contributed by atoms with Gasteiger partial charge in [0.25, 0.3) is 0 Å². The van der Waals surface area contributed by atoms with E-state index in [1.807, 2.05) is 22.6 Å². The van der Waals surface area contributed by atoms with Gasteiger partial charge in [-0.2, -0.15) is 0 Å². The molecule has 0 amide bonds. The van der Waals surface area contributed by atoms with Gasteiger partial charge in [0.1, 0.15) is 11.5 Å². The number of anilines is 1. The van der Waals surface area contributed by atoms with Gasteiger partial charge in [-0.05, 0) is 50.4 Å². The first-order valence-corrected chi connectivity index (χ1v) is 7.21. The van der Waals surface area contributed by atoms with Crippen LogP contribution in [-0.2, 0) is 6.42 Å². The second-order valence-electron chi connectivity index (χ2n) is 5.52. The number of fused-ring (bicyclic) bond motifs is 1. The SMILES string of the molecule is CCN1CCCC(Cc2cn3c(N)cccc3n2)C1. The van der Waals surface area contributed by atoms with Crippen molar-refractivity contribution in [1.82, 2.24) is 14.3 Å². The Labute approximate surface area is 114 Å². The Morgan fingerprint density at radius 1 is 1.42 bits per heavy atom. The van der Waals surface area contributed by atoms with Gasteiger partial charge in [-0.25, -0.2) is 4.98 Å². The molecule has 2 aromatic rings. The smallest absolute Gasteiger partial charge is 0.138 e. The number of aromatic nitrogens is 2. The molecule has 2 aromatic heterocycles. The Kier molecular flexibility index (Phi) is 3.42. The third-order valence-corrected chi connectivity index (χ3v) is 4.12. The summed E-state index contributed by atoms with van der Waals surface area (Å²) in [5.41, 5.74) is 8.09. The highest BCUT2D eigenvalue weighted by atomic mass is 15.1. The maximum atomic E-state index is 5.96. The van der Waals surface area contributed by atoms with Crippen LogP contribution in [0.25, 0.3) is 5.65 Å². The summed E-state index contributed by atoms with van der Waals surface area (Å²) in [6, 6.07) is 5.89. The topological polar surface area (TPSA) is 46.6 Å². The molecule has 4 heteroatoms. The normalized spacial score (nSPS) is 21.0. The van der Waals surface area contributed by atoms with E-state index in [1.165, 1.54) is 31.6 Å². The molecule has 1 saturated heterocycles. The fourth-order valence-electron chi connectivity index (χ4n) is 3.08. The molecule has 0 spiro atoms. The van der Waals surface area contributed by atoms with Crippen LogP contribution >= 0.6 is 0 Å². The molecule has 1 atom stereocenters. The van der Waals surface area contributed by atoms with Crippen LogP contribution in [0.3, 0.4) is 0 Å². The van der Waals surface area contributed by atoms with Crippen molar-refractivity contribution in [3.8, 4) is 0 Å². The van der Waals surface area contributed by atoms with Crippen molar-refractivity contribution in [3.05, 3.63) is 30.1 Å². The molecular weight excluding hydrogens is 236 g/mol. The first kappa shape index (κ1) is 12.5. The van der Waals surface area contributed by atoms with Crippen molar-refractivity contribution in [3.63, 3.8) is 0 Å². The van der Waals surface area contributed by atoms with Crippen LogP contribution in [0, 0.1) is 5.92 Å². The number of imidazole rings is 1. The van der Waals surface area contributed by atoms with Crippen LogP contribution in [-0.4, -0.2) is 33.9 Å². The molecule has 0 bridgehead atoms. The highest BCUT2D eigenvalue weighted by Crippen LogP contribution is 2.21. The number of likely N-dealkylation sites (tertiary alicyclic amines) is 1. The van der Waals surface area contributed by atoms with E-state index in [0.29, 0.717) is 0 Å². The fraction of sp³-hybridized carbons (Fsp3) is 0.533. The zero-order chi connectivity index (χ0) is 13.2. The molecule has 1 unspecified atom stereocenters. The van der Waals surface area contributed by atoms with E-state index in [2.05, 4.69) is 23.0 Å². The van der Waals surface area contributed by atoms with E-state index in [1.54, 1.807) is 0 Å². The highest BCUT2D eigenvalue weighted by molar-refractivity contribution is 5.48. The lowest BCUT2D eigenvalue weighted by atomic mass is 9.94. The number of hydrogen-bond donors (Lipinski definition) is 1. The first-order chi connectivity index (χ1) is 9.26. The number of nitrogens with zero attached hydrogens (tertiary/aromatic N) is 3. The number of hydrogen-bond acceptors (Lipinski definition) is 3. The zero-order valence-corrected chi connectivity index (χ0v) is 11.5. The van der Waals surface area contributed by atoms with Crippen LogP contribution in [0.5, 0.6) is 0 Å². The van der Waals surface area contributed by atoms with Crippen molar-refractivity contribution in [2.24, 2.45) is 5.92 Å². The Morgan fingerprint density at radius 2 is 2.32 bits per heavy atom. The fourth-order valence-corrected chi connectivity index (χ4v) is 3.08. The van der Waals surface area contributed by atoms with Crippen molar-refractivity contribution >= 4 is 11.5 Å². The summed E-state index contributed by atoms with van der Waals surface area (Å²) in [5.74, 6) is 1.50. The molecular formula is C15H22N4. The highest BCUT2D eigenvalue weighted by Gasteiger charge is 2.20. The van der Waals surface area contributed by atoms with Gasteiger partial charge in [0.2, 0.25) is 0 Å². The van der Waals surface area contributed by atoms with Gasteiger partial charge in [0.05, 0.1) is 5.69 Å². The van der Waals surface area contributed by atoms with Crippen molar-refractivity contribution in [1.29, 1.82) is 0 Å². The van der Waals surface area contributed by atoms with Gasteiger partial charge in [-0.15, -0.1) is 0 Å². The van der Waals surface area contributed by atoms with Gasteiger partial charge in [-0.3, -0.25) is 4.40 Å². The van der Waals surface area contributed by atoms with Gasteiger partial charge in [0.15, 0.2) is 0 Å². The number of nitrogens with two attached hydrogens (primary N) is 1. The summed E-state index contributed by atoms with van der Waals surface area (Å²) in [5, 5.41) is 0. The van der Waals surface area contributed by atoms with Crippen LogP contribution in [0.15, 0.2) is 24.4 Å². The Hall–Kier alpha value is -1.55. The molecule has 1 fully saturated rings. The summed E-state index contributed by atoms with van der Waals surface area (Å²) >= 11 is 0. The minimum atomic E-state index is 0.736. The van der Waals surface area contributed by atoms with Crippen molar-refractivity contribution in [2.45, 2.75) is 26.2 Å². The van der Waals surface area contributed by atoms with Gasteiger partial charge in [0, 0.05) is 12.7 Å². The van der Waals surface area contributed by atoms with Crippen LogP contribution in [0.2, 0.25) is 0 Å².